The summed E-state index contributed by atoms with van der Waals surface area (Å²) < 4.78 is 17.9. The van der Waals surface area contributed by atoms with Crippen molar-refractivity contribution in [2.75, 3.05) is 20.3 Å². The largest absolute Gasteiger partial charge is 0.497 e. The Bertz CT molecular complexity index is 1860. The van der Waals surface area contributed by atoms with Crippen molar-refractivity contribution in [2.45, 2.75) is 31.0 Å². The van der Waals surface area contributed by atoms with E-state index in [-0.39, 0.29) is 18.9 Å². The van der Waals surface area contributed by atoms with Crippen LogP contribution in [0.25, 0.3) is 16.8 Å². The third-order valence-electron chi connectivity index (χ3n) is 8.28. The van der Waals surface area contributed by atoms with Crippen molar-refractivity contribution in [2.24, 2.45) is 4.99 Å². The monoisotopic (exact) mass is 626 g/mol. The topological polar surface area (TPSA) is 89.4 Å². The maximum atomic E-state index is 14.6. The predicted octanol–water partition coefficient (Wildman–Crippen LogP) is 7.29. The summed E-state index contributed by atoms with van der Waals surface area (Å²) in [6.45, 7) is 0.816. The molecule has 0 saturated heterocycles. The molecule has 1 heterocycles. The van der Waals surface area contributed by atoms with Gasteiger partial charge in [0, 0.05) is 31.6 Å². The zero-order chi connectivity index (χ0) is 32.5. The number of hydrogen-bond acceptors (Lipinski definition) is 6. The molecule has 1 amide bonds. The Morgan fingerprint density at radius 1 is 0.915 bits per heavy atom. The van der Waals surface area contributed by atoms with Gasteiger partial charge in [-0.15, -0.1) is 0 Å². The van der Waals surface area contributed by atoms with Crippen LogP contribution in [0, 0.1) is 0 Å². The van der Waals surface area contributed by atoms with E-state index in [9.17, 15) is 4.79 Å². The first-order valence-corrected chi connectivity index (χ1v) is 15.8. The standard InChI is InChI=1S/C40H38N2O5/c1-45-35-18-8-16-32(27-35)37-40(24-9-13-29-11-3-2-4-12-29,39(44)41-28-33-17-7-15-30-14-5-6-19-36(30)33)42-38(47-37)31-20-22-34(23-21-31)46-26-10-25-43/h2-9,11-23,27,37,43H,10,24-26,28H2,1H3,(H,41,44)/b13-9+/t37-,40-/m1/s1. The zero-order valence-corrected chi connectivity index (χ0v) is 26.3. The lowest BCUT2D eigenvalue weighted by atomic mass is 9.84. The molecule has 7 nitrogen and oxygen atoms in total. The van der Waals surface area contributed by atoms with Crippen molar-refractivity contribution in [1.82, 2.24) is 5.32 Å². The zero-order valence-electron chi connectivity index (χ0n) is 26.3. The van der Waals surface area contributed by atoms with Crippen molar-refractivity contribution in [3.63, 3.8) is 0 Å². The van der Waals surface area contributed by atoms with Gasteiger partial charge in [0.1, 0.15) is 11.5 Å². The Hall–Kier alpha value is -5.40. The van der Waals surface area contributed by atoms with E-state index in [0.29, 0.717) is 37.0 Å². The fraction of sp³-hybridized carbons (Fsp3) is 0.200. The van der Waals surface area contributed by atoms with E-state index in [1.54, 1.807) is 7.11 Å². The number of methoxy groups -OCH3 is 1. The van der Waals surface area contributed by atoms with Gasteiger partial charge >= 0.3 is 0 Å². The first-order valence-electron chi connectivity index (χ1n) is 15.8. The molecule has 0 unspecified atom stereocenters. The number of fused-ring (bicyclic) bond motifs is 1. The van der Waals surface area contributed by atoms with Gasteiger partial charge in [-0.1, -0.05) is 97.1 Å². The van der Waals surface area contributed by atoms with Crippen LogP contribution in [0.15, 0.2) is 132 Å². The van der Waals surface area contributed by atoms with E-state index < -0.39 is 11.6 Å². The second kappa shape index (κ2) is 14.8. The molecule has 6 rings (SSSR count). The number of aliphatic hydroxyl groups excluding tert-OH is 1. The van der Waals surface area contributed by atoms with Crippen LogP contribution in [-0.4, -0.2) is 42.8 Å². The number of carbonyl (C=O) groups is 1. The Balaban J connectivity index is 1.39. The molecular weight excluding hydrogens is 588 g/mol. The highest BCUT2D eigenvalue weighted by Crippen LogP contribution is 2.44. The minimum Gasteiger partial charge on any atom is -0.497 e. The number of ether oxygens (including phenoxy) is 3. The number of aliphatic hydroxyl groups is 1. The second-order valence-electron chi connectivity index (χ2n) is 11.4. The first-order chi connectivity index (χ1) is 23.1. The van der Waals surface area contributed by atoms with Crippen LogP contribution in [0.2, 0.25) is 0 Å². The summed E-state index contributed by atoms with van der Waals surface area (Å²) in [6.07, 6.45) is 4.10. The molecule has 1 aliphatic rings. The van der Waals surface area contributed by atoms with Crippen LogP contribution in [-0.2, 0) is 16.1 Å². The predicted molar refractivity (Wildman–Crippen MR) is 186 cm³/mol. The molecule has 0 radical (unpaired) electrons. The third kappa shape index (κ3) is 7.21. The summed E-state index contributed by atoms with van der Waals surface area (Å²) in [5.41, 5.74) is 2.22. The van der Waals surface area contributed by atoms with Gasteiger partial charge in [-0.3, -0.25) is 4.79 Å². The molecule has 0 saturated carbocycles. The Labute approximate surface area is 275 Å². The molecule has 5 aromatic rings. The van der Waals surface area contributed by atoms with E-state index >= 15 is 0 Å². The van der Waals surface area contributed by atoms with Gasteiger partial charge in [-0.2, -0.15) is 0 Å². The van der Waals surface area contributed by atoms with Crippen molar-refractivity contribution < 1.29 is 24.1 Å². The van der Waals surface area contributed by atoms with E-state index in [1.807, 2.05) is 115 Å². The van der Waals surface area contributed by atoms with E-state index in [2.05, 4.69) is 23.5 Å². The van der Waals surface area contributed by atoms with Gasteiger partial charge in [-0.25, -0.2) is 4.99 Å². The molecule has 47 heavy (non-hydrogen) atoms. The van der Waals surface area contributed by atoms with Gasteiger partial charge in [0.25, 0.3) is 5.91 Å². The Morgan fingerprint density at radius 2 is 1.68 bits per heavy atom. The molecule has 0 aliphatic carbocycles. The molecule has 238 valence electrons. The van der Waals surface area contributed by atoms with Crippen molar-refractivity contribution in [3.8, 4) is 11.5 Å². The number of benzene rings is 5. The fourth-order valence-corrected chi connectivity index (χ4v) is 5.83. The number of aliphatic imine (C=N–C) groups is 1. The number of nitrogens with zero attached hydrogens (tertiary/aromatic N) is 1. The van der Waals surface area contributed by atoms with Crippen molar-refractivity contribution in [1.29, 1.82) is 0 Å². The quantitative estimate of drug-likeness (QED) is 0.134. The summed E-state index contributed by atoms with van der Waals surface area (Å²) >= 11 is 0. The molecule has 2 N–H and O–H groups in total. The fourth-order valence-electron chi connectivity index (χ4n) is 5.83. The van der Waals surface area contributed by atoms with Crippen LogP contribution in [0.5, 0.6) is 11.5 Å². The highest BCUT2D eigenvalue weighted by atomic mass is 16.5. The molecule has 0 spiro atoms. The van der Waals surface area contributed by atoms with Crippen LogP contribution >= 0.6 is 0 Å². The van der Waals surface area contributed by atoms with Gasteiger partial charge in [0.15, 0.2) is 11.6 Å². The lowest BCUT2D eigenvalue weighted by molar-refractivity contribution is -0.129. The van der Waals surface area contributed by atoms with E-state index in [4.69, 9.17) is 24.3 Å². The summed E-state index contributed by atoms with van der Waals surface area (Å²) in [4.78, 5) is 19.8. The number of hydrogen-bond donors (Lipinski definition) is 2. The lowest BCUT2D eigenvalue weighted by Gasteiger charge is -2.30. The second-order valence-corrected chi connectivity index (χ2v) is 11.4. The van der Waals surface area contributed by atoms with Crippen molar-refractivity contribution in [3.05, 3.63) is 150 Å². The maximum Gasteiger partial charge on any atom is 0.252 e. The molecule has 0 bridgehead atoms. The minimum absolute atomic E-state index is 0.0672. The van der Waals surface area contributed by atoms with Gasteiger partial charge < -0.3 is 24.6 Å². The third-order valence-corrected chi connectivity index (χ3v) is 8.28. The highest BCUT2D eigenvalue weighted by molar-refractivity contribution is 6.01. The van der Waals surface area contributed by atoms with E-state index in [0.717, 1.165) is 33.0 Å². The average Bonchev–Trinajstić information content (AvgIpc) is 3.52. The Kier molecular flexibility index (Phi) is 9.94. The number of rotatable bonds is 13. The molecular formula is C40H38N2O5. The van der Waals surface area contributed by atoms with Crippen LogP contribution < -0.4 is 14.8 Å². The molecule has 2 atom stereocenters. The van der Waals surface area contributed by atoms with Gasteiger partial charge in [0.2, 0.25) is 5.90 Å². The van der Waals surface area contributed by atoms with Gasteiger partial charge in [-0.05, 0) is 63.9 Å². The SMILES string of the molecule is COc1cccc([C@H]2OC(c3ccc(OCCCO)cc3)=N[C@@]2(C/C=C/c2ccccc2)C(=O)NCc2cccc3ccccc23)c1. The van der Waals surface area contributed by atoms with Crippen LogP contribution in [0.4, 0.5) is 0 Å². The Morgan fingerprint density at radius 3 is 2.49 bits per heavy atom. The van der Waals surface area contributed by atoms with Crippen molar-refractivity contribution >= 4 is 28.7 Å². The maximum absolute atomic E-state index is 14.6. The lowest BCUT2D eigenvalue weighted by Crippen LogP contribution is -2.47. The normalized spacial score (nSPS) is 17.3. The summed E-state index contributed by atoms with van der Waals surface area (Å²) in [7, 11) is 1.62. The highest BCUT2D eigenvalue weighted by Gasteiger charge is 2.52. The van der Waals surface area contributed by atoms with Gasteiger partial charge in [0.05, 0.1) is 13.7 Å². The number of carbonyl (C=O) groups excluding carboxylic acids is 1. The first kappa shape index (κ1) is 31.6. The van der Waals surface area contributed by atoms with E-state index in [1.165, 1.54) is 0 Å². The molecule has 7 heteroatoms. The molecule has 0 fully saturated rings. The minimum atomic E-state index is -1.33. The molecule has 5 aromatic carbocycles. The number of nitrogens with one attached hydrogen (secondary N) is 1. The number of amides is 1. The average molecular weight is 627 g/mol. The molecule has 1 aliphatic heterocycles. The summed E-state index contributed by atoms with van der Waals surface area (Å²) in [6, 6.07) is 39.3. The summed E-state index contributed by atoms with van der Waals surface area (Å²) in [5.74, 6) is 1.46. The van der Waals surface area contributed by atoms with Crippen LogP contribution in [0.1, 0.15) is 41.2 Å². The molecule has 0 aromatic heterocycles. The smallest absolute Gasteiger partial charge is 0.252 e. The van der Waals surface area contributed by atoms with Crippen LogP contribution in [0.3, 0.4) is 0 Å². The summed E-state index contributed by atoms with van der Waals surface area (Å²) in [5, 5.41) is 14.5.